The van der Waals surface area contributed by atoms with Gasteiger partial charge in [-0.25, -0.2) is 4.39 Å². The van der Waals surface area contributed by atoms with Crippen molar-refractivity contribution in [2.45, 2.75) is 12.5 Å². The molecule has 1 heterocycles. The Morgan fingerprint density at radius 1 is 1.25 bits per heavy atom. The van der Waals surface area contributed by atoms with Gasteiger partial charge >= 0.3 is 0 Å². The molecule has 1 aliphatic rings. The average molecular weight is 312 g/mol. The Kier molecular flexibility index (Phi) is 3.59. The second kappa shape index (κ2) is 5.24. The first kappa shape index (κ1) is 13.7. The Morgan fingerprint density at radius 2 is 2.05 bits per heavy atom. The maximum Gasteiger partial charge on any atom is 0.131 e. The number of fused-ring (bicyclic) bond motifs is 1. The van der Waals surface area contributed by atoms with Crippen LogP contribution in [0.15, 0.2) is 30.3 Å². The van der Waals surface area contributed by atoms with Crippen LogP contribution < -0.4 is 10.5 Å². The van der Waals surface area contributed by atoms with Crippen molar-refractivity contribution < 1.29 is 9.13 Å². The van der Waals surface area contributed by atoms with Gasteiger partial charge in [-0.2, -0.15) is 0 Å². The number of hydrogen-bond donors (Lipinski definition) is 1. The van der Waals surface area contributed by atoms with Gasteiger partial charge in [-0.15, -0.1) is 0 Å². The largest absolute Gasteiger partial charge is 0.488 e. The summed E-state index contributed by atoms with van der Waals surface area (Å²) in [6, 6.07) is 8.15. The molecule has 2 nitrogen and oxygen atoms in total. The SMILES string of the molecule is NC[C@H]1Cc2cc(F)cc(-c3cccc(Cl)c3Cl)c2O1. The summed E-state index contributed by atoms with van der Waals surface area (Å²) < 4.78 is 19.6. The molecule has 20 heavy (non-hydrogen) atoms. The van der Waals surface area contributed by atoms with E-state index in [4.69, 9.17) is 33.7 Å². The summed E-state index contributed by atoms with van der Waals surface area (Å²) in [7, 11) is 0. The van der Waals surface area contributed by atoms with Crippen molar-refractivity contribution >= 4 is 23.2 Å². The molecule has 0 bridgehead atoms. The van der Waals surface area contributed by atoms with E-state index in [0.717, 1.165) is 5.56 Å². The Bertz CT molecular complexity index is 675. The molecule has 5 heteroatoms. The Morgan fingerprint density at radius 3 is 2.80 bits per heavy atom. The molecule has 0 aliphatic carbocycles. The molecule has 2 N–H and O–H groups in total. The molecule has 3 rings (SSSR count). The van der Waals surface area contributed by atoms with Gasteiger partial charge in [0.05, 0.1) is 10.0 Å². The third-order valence-corrected chi connectivity index (χ3v) is 4.19. The standard InChI is InChI=1S/C15H12Cl2FNO/c16-13-3-1-2-11(14(13)17)12-6-9(18)4-8-5-10(7-19)20-15(8)12/h1-4,6,10H,5,7,19H2/t10-/m1/s1. The van der Waals surface area contributed by atoms with Crippen LogP contribution in [0.25, 0.3) is 11.1 Å². The van der Waals surface area contributed by atoms with Gasteiger partial charge in [-0.05, 0) is 18.2 Å². The minimum absolute atomic E-state index is 0.122. The topological polar surface area (TPSA) is 35.2 Å². The van der Waals surface area contributed by atoms with E-state index >= 15 is 0 Å². The van der Waals surface area contributed by atoms with Crippen molar-refractivity contribution in [3.05, 3.63) is 51.8 Å². The van der Waals surface area contributed by atoms with Crippen LogP contribution in [0, 0.1) is 5.82 Å². The van der Waals surface area contributed by atoms with E-state index in [0.29, 0.717) is 39.9 Å². The molecular formula is C15H12Cl2FNO. The fourth-order valence-electron chi connectivity index (χ4n) is 2.44. The number of hydrogen-bond acceptors (Lipinski definition) is 2. The van der Waals surface area contributed by atoms with Gasteiger partial charge in [0.15, 0.2) is 0 Å². The van der Waals surface area contributed by atoms with Crippen molar-refractivity contribution in [1.29, 1.82) is 0 Å². The lowest BCUT2D eigenvalue weighted by Gasteiger charge is -2.12. The summed E-state index contributed by atoms with van der Waals surface area (Å²) in [5.74, 6) is 0.321. The van der Waals surface area contributed by atoms with Crippen LogP contribution in [-0.4, -0.2) is 12.6 Å². The van der Waals surface area contributed by atoms with Gasteiger partial charge in [0.1, 0.15) is 17.7 Å². The van der Waals surface area contributed by atoms with Crippen LogP contribution in [0.2, 0.25) is 10.0 Å². The van der Waals surface area contributed by atoms with E-state index in [1.54, 1.807) is 18.2 Å². The van der Waals surface area contributed by atoms with Gasteiger partial charge in [0, 0.05) is 29.7 Å². The molecule has 0 fully saturated rings. The van der Waals surface area contributed by atoms with Crippen LogP contribution in [0.5, 0.6) is 5.75 Å². The highest BCUT2D eigenvalue weighted by Crippen LogP contribution is 2.43. The summed E-state index contributed by atoms with van der Waals surface area (Å²) in [6.07, 6.45) is 0.484. The zero-order chi connectivity index (χ0) is 14.3. The molecule has 0 unspecified atom stereocenters. The van der Waals surface area contributed by atoms with E-state index in [9.17, 15) is 4.39 Å². The highest BCUT2D eigenvalue weighted by atomic mass is 35.5. The lowest BCUT2D eigenvalue weighted by atomic mass is 10.00. The molecule has 0 saturated carbocycles. The van der Waals surface area contributed by atoms with Crippen LogP contribution >= 0.6 is 23.2 Å². The summed E-state index contributed by atoms with van der Waals surface area (Å²) in [5, 5.41) is 0.817. The van der Waals surface area contributed by atoms with E-state index in [2.05, 4.69) is 0 Å². The lowest BCUT2D eigenvalue weighted by Crippen LogP contribution is -2.24. The Hall–Kier alpha value is -1.29. The number of benzene rings is 2. The van der Waals surface area contributed by atoms with Gasteiger partial charge in [0.25, 0.3) is 0 Å². The third kappa shape index (κ3) is 2.26. The van der Waals surface area contributed by atoms with E-state index in [-0.39, 0.29) is 11.9 Å². The average Bonchev–Trinajstić information content (AvgIpc) is 2.84. The second-order valence-electron chi connectivity index (χ2n) is 4.72. The molecule has 2 aromatic carbocycles. The monoisotopic (exact) mass is 311 g/mol. The predicted molar refractivity (Wildman–Crippen MR) is 79.0 cm³/mol. The zero-order valence-corrected chi connectivity index (χ0v) is 12.0. The molecular weight excluding hydrogens is 300 g/mol. The maximum atomic E-state index is 13.8. The molecule has 0 aromatic heterocycles. The smallest absolute Gasteiger partial charge is 0.131 e. The molecule has 0 spiro atoms. The van der Waals surface area contributed by atoms with Crippen molar-refractivity contribution in [3.8, 4) is 16.9 Å². The minimum atomic E-state index is -0.323. The first-order chi connectivity index (χ1) is 9.60. The van der Waals surface area contributed by atoms with Crippen LogP contribution in [0.3, 0.4) is 0 Å². The van der Waals surface area contributed by atoms with Crippen molar-refractivity contribution in [1.82, 2.24) is 0 Å². The van der Waals surface area contributed by atoms with Gasteiger partial charge in [0.2, 0.25) is 0 Å². The zero-order valence-electron chi connectivity index (χ0n) is 10.5. The fraction of sp³-hybridized carbons (Fsp3) is 0.200. The highest BCUT2D eigenvalue weighted by Gasteiger charge is 2.26. The third-order valence-electron chi connectivity index (χ3n) is 3.37. The van der Waals surface area contributed by atoms with Crippen LogP contribution in [0.1, 0.15) is 5.56 Å². The summed E-state index contributed by atoms with van der Waals surface area (Å²) in [6.45, 7) is 0.388. The van der Waals surface area contributed by atoms with Crippen molar-refractivity contribution in [2.24, 2.45) is 5.73 Å². The molecule has 2 aromatic rings. The normalized spacial score (nSPS) is 16.9. The van der Waals surface area contributed by atoms with E-state index < -0.39 is 0 Å². The number of ether oxygens (including phenoxy) is 1. The molecule has 0 saturated heterocycles. The number of halogens is 3. The van der Waals surface area contributed by atoms with Crippen molar-refractivity contribution in [3.63, 3.8) is 0 Å². The van der Waals surface area contributed by atoms with Crippen LogP contribution in [0.4, 0.5) is 4.39 Å². The Balaban J connectivity index is 2.18. The lowest BCUT2D eigenvalue weighted by molar-refractivity contribution is 0.242. The first-order valence-corrected chi connectivity index (χ1v) is 6.99. The Labute approximate surface area is 126 Å². The van der Waals surface area contributed by atoms with Crippen molar-refractivity contribution in [2.75, 3.05) is 6.54 Å². The van der Waals surface area contributed by atoms with Crippen LogP contribution in [-0.2, 0) is 6.42 Å². The second-order valence-corrected chi connectivity index (χ2v) is 5.51. The maximum absolute atomic E-state index is 13.8. The summed E-state index contributed by atoms with van der Waals surface area (Å²) >= 11 is 12.2. The molecule has 1 atom stereocenters. The fourth-order valence-corrected chi connectivity index (χ4v) is 2.84. The number of rotatable bonds is 2. The quantitative estimate of drug-likeness (QED) is 0.907. The predicted octanol–water partition coefficient (Wildman–Crippen LogP) is 4.06. The molecule has 1 aliphatic heterocycles. The van der Waals surface area contributed by atoms with Gasteiger partial charge in [-0.3, -0.25) is 0 Å². The van der Waals surface area contributed by atoms with Gasteiger partial charge < -0.3 is 10.5 Å². The first-order valence-electron chi connectivity index (χ1n) is 6.23. The van der Waals surface area contributed by atoms with E-state index in [1.165, 1.54) is 12.1 Å². The van der Waals surface area contributed by atoms with E-state index in [1.807, 2.05) is 0 Å². The number of nitrogens with two attached hydrogens (primary N) is 1. The molecule has 0 amide bonds. The molecule has 0 radical (unpaired) electrons. The molecule has 104 valence electrons. The van der Waals surface area contributed by atoms with Gasteiger partial charge in [-0.1, -0.05) is 35.3 Å². The summed E-state index contributed by atoms with van der Waals surface area (Å²) in [5.41, 5.74) is 7.71. The summed E-state index contributed by atoms with van der Waals surface area (Å²) in [4.78, 5) is 0. The minimum Gasteiger partial charge on any atom is -0.488 e. The highest BCUT2D eigenvalue weighted by molar-refractivity contribution is 6.43.